The average Bonchev–Trinajstić information content (AvgIpc) is 2.24. The fraction of sp³-hybridized carbons (Fsp3) is 0.500. The lowest BCUT2D eigenvalue weighted by Crippen LogP contribution is -2.40. The van der Waals surface area contributed by atoms with Gasteiger partial charge in [-0.25, -0.2) is 0 Å². The number of rotatable bonds is 4. The molecule has 1 aromatic rings. The molecule has 1 unspecified atom stereocenters. The minimum atomic E-state index is -9.70. The van der Waals surface area contributed by atoms with E-state index < -0.39 is 37.3 Å². The van der Waals surface area contributed by atoms with E-state index >= 15 is 0 Å². The maximum Gasteiger partial charge on any atom is 0.310 e. The van der Waals surface area contributed by atoms with Crippen molar-refractivity contribution in [2.75, 3.05) is 0 Å². The second-order valence-corrected chi connectivity index (χ2v) is 10.2. The molecule has 0 heterocycles. The second kappa shape index (κ2) is 4.74. The molecule has 0 fully saturated rings. The van der Waals surface area contributed by atoms with Crippen LogP contribution < -0.4 is 4.72 Å². The first-order valence-electron chi connectivity index (χ1n) is 6.03. The lowest BCUT2D eigenvalue weighted by atomic mass is 10.1. The molecule has 0 saturated carbocycles. The Morgan fingerprint density at radius 2 is 1.67 bits per heavy atom. The van der Waals surface area contributed by atoms with Gasteiger partial charge in [0.15, 0.2) is 0 Å². The van der Waals surface area contributed by atoms with Crippen LogP contribution in [-0.2, 0) is 11.4 Å². The molecule has 0 aromatic heterocycles. The third-order valence-corrected chi connectivity index (χ3v) is 5.47. The summed E-state index contributed by atoms with van der Waals surface area (Å²) in [7, 11) is -9.70. The molecule has 0 bridgehead atoms. The van der Waals surface area contributed by atoms with Gasteiger partial charge in [0.05, 0.1) is 6.04 Å². The largest absolute Gasteiger partial charge is 0.598 e. The van der Waals surface area contributed by atoms with E-state index in [9.17, 15) is 24.0 Å². The molecule has 124 valence electrons. The highest BCUT2D eigenvalue weighted by atomic mass is 32.5. The van der Waals surface area contributed by atoms with Crippen LogP contribution in [0.4, 0.5) is 19.4 Å². The highest BCUT2D eigenvalue weighted by Gasteiger charge is 2.65. The van der Waals surface area contributed by atoms with E-state index in [0.29, 0.717) is 12.1 Å². The molecule has 2 nitrogen and oxygen atoms in total. The molecule has 0 aliphatic rings. The van der Waals surface area contributed by atoms with Gasteiger partial charge in [0.2, 0.25) is 0 Å². The second-order valence-electron chi connectivity index (χ2n) is 5.76. The smallest absolute Gasteiger partial charge is 0.310 e. The van der Waals surface area contributed by atoms with Gasteiger partial charge >= 0.3 is 10.2 Å². The highest BCUT2D eigenvalue weighted by molar-refractivity contribution is 8.45. The third kappa shape index (κ3) is 5.32. The standard InChI is InChI=1S/C12H18F5NOS2/c1-9(18-20(19)12(2,3)4)10-6-5-7-11(8-10)21(13,14,15,16)17/h5-9,18H,1-4H3/t9?,20-/m1/s1. The summed E-state index contributed by atoms with van der Waals surface area (Å²) >= 11 is -1.53. The van der Waals surface area contributed by atoms with Gasteiger partial charge in [-0.05, 0) is 45.4 Å². The Hall–Kier alpha value is -0.510. The molecular weight excluding hydrogens is 333 g/mol. The maximum absolute atomic E-state index is 12.8. The normalized spacial score (nSPS) is 19.5. The fourth-order valence-corrected chi connectivity index (χ4v) is 2.93. The molecule has 0 saturated heterocycles. The molecule has 0 aliphatic carbocycles. The van der Waals surface area contributed by atoms with Crippen LogP contribution in [0.2, 0.25) is 0 Å². The molecule has 1 rings (SSSR count). The molecule has 1 N–H and O–H groups in total. The summed E-state index contributed by atoms with van der Waals surface area (Å²) in [6.45, 7) is 6.53. The van der Waals surface area contributed by atoms with Crippen molar-refractivity contribution < 1.29 is 24.0 Å². The van der Waals surface area contributed by atoms with Gasteiger partial charge in [-0.2, -0.15) is 0 Å². The summed E-state index contributed by atoms with van der Waals surface area (Å²) in [5, 5.41) is 0. The number of hydrogen-bond acceptors (Lipinski definition) is 2. The fourth-order valence-electron chi connectivity index (χ4n) is 1.43. The van der Waals surface area contributed by atoms with Gasteiger partial charge < -0.3 is 4.55 Å². The summed E-state index contributed by atoms with van der Waals surface area (Å²) in [5.41, 5.74) is -0.00153. The van der Waals surface area contributed by atoms with Crippen LogP contribution >= 0.6 is 10.2 Å². The molecule has 0 spiro atoms. The highest BCUT2D eigenvalue weighted by Crippen LogP contribution is 3.02. The SMILES string of the molecule is CC(N[S@+]([O-])C(C)(C)C)c1cccc(S(F)(F)(F)(F)F)c1. The third-order valence-electron chi connectivity index (χ3n) is 2.64. The van der Waals surface area contributed by atoms with Crippen molar-refractivity contribution in [2.45, 2.75) is 43.4 Å². The predicted molar refractivity (Wildman–Crippen MR) is 77.3 cm³/mol. The van der Waals surface area contributed by atoms with Crippen molar-refractivity contribution in [2.24, 2.45) is 0 Å². The van der Waals surface area contributed by atoms with E-state index in [-0.39, 0.29) is 5.56 Å². The van der Waals surface area contributed by atoms with Crippen LogP contribution in [0.25, 0.3) is 0 Å². The van der Waals surface area contributed by atoms with Crippen LogP contribution in [0.15, 0.2) is 29.2 Å². The van der Waals surface area contributed by atoms with Gasteiger partial charge in [-0.3, -0.25) is 0 Å². The van der Waals surface area contributed by atoms with Crippen molar-refractivity contribution in [1.82, 2.24) is 4.72 Å². The van der Waals surface area contributed by atoms with Gasteiger partial charge in [0, 0.05) is 11.4 Å². The van der Waals surface area contributed by atoms with Gasteiger partial charge in [-0.1, -0.05) is 31.6 Å². The molecule has 0 aliphatic heterocycles. The Morgan fingerprint density at radius 1 is 1.14 bits per heavy atom. The van der Waals surface area contributed by atoms with Crippen LogP contribution in [0.1, 0.15) is 39.3 Å². The van der Waals surface area contributed by atoms with E-state index in [2.05, 4.69) is 4.72 Å². The number of hydrogen-bond donors (Lipinski definition) is 1. The number of benzene rings is 1. The minimum Gasteiger partial charge on any atom is -0.598 e. The molecule has 21 heavy (non-hydrogen) atoms. The molecule has 9 heteroatoms. The Labute approximate surface area is 124 Å². The zero-order chi connectivity index (χ0) is 16.8. The van der Waals surface area contributed by atoms with Crippen molar-refractivity contribution in [3.05, 3.63) is 29.8 Å². The topological polar surface area (TPSA) is 35.1 Å². The van der Waals surface area contributed by atoms with E-state index in [1.807, 2.05) is 0 Å². The lowest BCUT2D eigenvalue weighted by molar-refractivity contribution is 0.363. The van der Waals surface area contributed by atoms with Crippen LogP contribution in [0.3, 0.4) is 0 Å². The van der Waals surface area contributed by atoms with Crippen LogP contribution in [0, 0.1) is 0 Å². The van der Waals surface area contributed by atoms with E-state index in [4.69, 9.17) is 0 Å². The molecule has 0 amide bonds. The maximum atomic E-state index is 12.8. The van der Waals surface area contributed by atoms with Crippen LogP contribution in [-0.4, -0.2) is 9.30 Å². The minimum absolute atomic E-state index is 0.00153. The molecule has 2 atom stereocenters. The van der Waals surface area contributed by atoms with Crippen molar-refractivity contribution in [3.8, 4) is 0 Å². The first kappa shape index (κ1) is 18.5. The Balaban J connectivity index is 3.08. The van der Waals surface area contributed by atoms with Gasteiger partial charge in [0.25, 0.3) is 0 Å². The van der Waals surface area contributed by atoms with E-state index in [1.165, 1.54) is 13.0 Å². The van der Waals surface area contributed by atoms with Crippen molar-refractivity contribution in [1.29, 1.82) is 0 Å². The van der Waals surface area contributed by atoms with Gasteiger partial charge in [-0.15, -0.1) is 4.72 Å². The quantitative estimate of drug-likeness (QED) is 0.578. The zero-order valence-electron chi connectivity index (χ0n) is 12.0. The first-order chi connectivity index (χ1) is 9.00. The summed E-state index contributed by atoms with van der Waals surface area (Å²) in [4.78, 5) is -1.94. The van der Waals surface area contributed by atoms with Gasteiger partial charge in [0.1, 0.15) is 9.64 Å². The van der Waals surface area contributed by atoms with E-state index in [0.717, 1.165) is 6.07 Å². The average molecular weight is 351 g/mol. The van der Waals surface area contributed by atoms with E-state index in [1.54, 1.807) is 20.8 Å². The number of nitrogens with one attached hydrogen (secondary N) is 1. The monoisotopic (exact) mass is 351 g/mol. The summed E-state index contributed by atoms with van der Waals surface area (Å²) in [6, 6.07) is 2.19. The number of halogens is 5. The Morgan fingerprint density at radius 3 is 2.10 bits per heavy atom. The molecule has 1 aromatic carbocycles. The Bertz CT molecular complexity index is 526. The summed E-state index contributed by atoms with van der Waals surface area (Å²) in [5.74, 6) is 0. The predicted octanol–water partition coefficient (Wildman–Crippen LogP) is 5.46. The van der Waals surface area contributed by atoms with Crippen LogP contribution in [0.5, 0.6) is 0 Å². The zero-order valence-corrected chi connectivity index (χ0v) is 13.6. The lowest BCUT2D eigenvalue weighted by Gasteiger charge is -2.40. The molecule has 0 radical (unpaired) electrons. The Kier molecular flexibility index (Phi) is 4.19. The van der Waals surface area contributed by atoms with Crippen molar-refractivity contribution >= 4 is 21.6 Å². The first-order valence-corrected chi connectivity index (χ1v) is 9.13. The molecular formula is C12H18F5NOS2. The summed E-state index contributed by atoms with van der Waals surface area (Å²) in [6.07, 6.45) is 0. The summed E-state index contributed by atoms with van der Waals surface area (Å²) < 4.78 is 77.7. The van der Waals surface area contributed by atoms with Crippen molar-refractivity contribution in [3.63, 3.8) is 0 Å².